The molecule has 0 aliphatic carbocycles. The third kappa shape index (κ3) is 2.97. The summed E-state index contributed by atoms with van der Waals surface area (Å²) in [6.45, 7) is 15.5. The van der Waals surface area contributed by atoms with Crippen molar-refractivity contribution in [1.29, 1.82) is 0 Å². The fraction of sp³-hybridized carbons (Fsp3) is 1.00. The largest absolute Gasteiger partial charge is 0.368 e. The second-order valence-electron chi connectivity index (χ2n) is 7.25. The van der Waals surface area contributed by atoms with Crippen LogP contribution in [0.2, 0.25) is 0 Å². The van der Waals surface area contributed by atoms with Crippen molar-refractivity contribution in [3.05, 3.63) is 0 Å². The third-order valence-corrected chi connectivity index (χ3v) is 6.44. The molecule has 0 spiro atoms. The smallest absolute Gasteiger partial charge is 0.0788 e. The molecule has 0 amide bonds. The fourth-order valence-electron chi connectivity index (χ4n) is 3.58. The van der Waals surface area contributed by atoms with Crippen molar-refractivity contribution in [1.82, 2.24) is 4.90 Å². The Morgan fingerprint density at radius 1 is 1.21 bits per heavy atom. The van der Waals surface area contributed by atoms with Crippen LogP contribution in [0.15, 0.2) is 0 Å². The standard InChI is InChI=1S/C15H30N2OS/c1-10-11(2)19-8-7-17(10)9-12-13(16)15(5,6)18-14(12,3)4/h10-13H,7-9,16H2,1-6H3. The molecule has 2 heterocycles. The van der Waals surface area contributed by atoms with Crippen LogP contribution in [0.4, 0.5) is 0 Å². The van der Waals surface area contributed by atoms with Crippen LogP contribution in [-0.4, -0.2) is 52.3 Å². The zero-order valence-electron chi connectivity index (χ0n) is 13.3. The molecule has 0 saturated carbocycles. The van der Waals surface area contributed by atoms with Crippen molar-refractivity contribution >= 4 is 11.8 Å². The van der Waals surface area contributed by atoms with Gasteiger partial charge in [0.1, 0.15) is 0 Å². The van der Waals surface area contributed by atoms with Crippen molar-refractivity contribution in [2.45, 2.75) is 70.1 Å². The summed E-state index contributed by atoms with van der Waals surface area (Å²) in [4.78, 5) is 2.61. The van der Waals surface area contributed by atoms with Crippen LogP contribution in [0.3, 0.4) is 0 Å². The van der Waals surface area contributed by atoms with Crippen LogP contribution in [0.5, 0.6) is 0 Å². The van der Waals surface area contributed by atoms with Crippen molar-refractivity contribution in [3.8, 4) is 0 Å². The molecular weight excluding hydrogens is 256 g/mol. The topological polar surface area (TPSA) is 38.5 Å². The molecule has 19 heavy (non-hydrogen) atoms. The highest BCUT2D eigenvalue weighted by Crippen LogP contribution is 2.42. The van der Waals surface area contributed by atoms with E-state index in [4.69, 9.17) is 10.5 Å². The maximum absolute atomic E-state index is 6.47. The highest BCUT2D eigenvalue weighted by molar-refractivity contribution is 8.00. The quantitative estimate of drug-likeness (QED) is 0.845. The number of rotatable bonds is 2. The van der Waals surface area contributed by atoms with E-state index in [1.807, 2.05) is 0 Å². The van der Waals surface area contributed by atoms with Crippen LogP contribution >= 0.6 is 11.8 Å². The van der Waals surface area contributed by atoms with Crippen molar-refractivity contribution < 1.29 is 4.74 Å². The van der Waals surface area contributed by atoms with Gasteiger partial charge in [-0.05, 0) is 34.6 Å². The van der Waals surface area contributed by atoms with Crippen LogP contribution in [-0.2, 0) is 4.74 Å². The monoisotopic (exact) mass is 286 g/mol. The Morgan fingerprint density at radius 3 is 2.37 bits per heavy atom. The van der Waals surface area contributed by atoms with Crippen LogP contribution in [0, 0.1) is 5.92 Å². The lowest BCUT2D eigenvalue weighted by atomic mass is 9.82. The molecule has 2 aliphatic heterocycles. The predicted octanol–water partition coefficient (Wildman–Crippen LogP) is 2.34. The third-order valence-electron chi connectivity index (χ3n) is 5.10. The summed E-state index contributed by atoms with van der Waals surface area (Å²) in [7, 11) is 0. The van der Waals surface area contributed by atoms with Crippen molar-refractivity contribution in [2.24, 2.45) is 11.7 Å². The lowest BCUT2D eigenvalue weighted by Gasteiger charge is -2.41. The number of thioether (sulfide) groups is 1. The lowest BCUT2D eigenvalue weighted by Crippen LogP contribution is -2.53. The molecule has 2 aliphatic rings. The van der Waals surface area contributed by atoms with Gasteiger partial charge < -0.3 is 10.5 Å². The Labute approximate surface area is 122 Å². The zero-order valence-corrected chi connectivity index (χ0v) is 14.1. The summed E-state index contributed by atoms with van der Waals surface area (Å²) < 4.78 is 6.21. The Bertz CT molecular complexity index is 332. The van der Waals surface area contributed by atoms with Gasteiger partial charge in [-0.3, -0.25) is 4.90 Å². The van der Waals surface area contributed by atoms with Gasteiger partial charge in [-0.25, -0.2) is 0 Å². The zero-order chi connectivity index (χ0) is 14.4. The Kier molecular flexibility index (Phi) is 4.28. The molecule has 4 atom stereocenters. The van der Waals surface area contributed by atoms with Gasteiger partial charge in [-0.1, -0.05) is 6.92 Å². The molecular formula is C15H30N2OS. The van der Waals surface area contributed by atoms with Gasteiger partial charge in [0.25, 0.3) is 0 Å². The molecule has 3 nitrogen and oxygen atoms in total. The van der Waals surface area contributed by atoms with Crippen LogP contribution in [0.1, 0.15) is 41.5 Å². The number of nitrogens with zero attached hydrogens (tertiary/aromatic N) is 1. The van der Waals surface area contributed by atoms with E-state index in [9.17, 15) is 0 Å². The molecule has 4 heteroatoms. The molecule has 2 fully saturated rings. The molecule has 0 bridgehead atoms. The summed E-state index contributed by atoms with van der Waals surface area (Å²) in [6.07, 6.45) is 0. The molecule has 0 aromatic rings. The summed E-state index contributed by atoms with van der Waals surface area (Å²) >= 11 is 2.08. The maximum atomic E-state index is 6.47. The van der Waals surface area contributed by atoms with E-state index in [1.54, 1.807) is 0 Å². The molecule has 2 saturated heterocycles. The van der Waals surface area contributed by atoms with Gasteiger partial charge in [-0.15, -0.1) is 0 Å². The highest BCUT2D eigenvalue weighted by atomic mass is 32.2. The van der Waals surface area contributed by atoms with Crippen LogP contribution < -0.4 is 5.73 Å². The number of hydrogen-bond donors (Lipinski definition) is 1. The van der Waals surface area contributed by atoms with Gasteiger partial charge in [0, 0.05) is 42.1 Å². The first-order chi connectivity index (χ1) is 8.65. The van der Waals surface area contributed by atoms with Crippen LogP contribution in [0.25, 0.3) is 0 Å². The normalized spacial score (nSPS) is 42.5. The summed E-state index contributed by atoms with van der Waals surface area (Å²) in [5.74, 6) is 1.64. The number of nitrogens with two attached hydrogens (primary N) is 1. The second kappa shape index (κ2) is 5.21. The molecule has 0 aromatic carbocycles. The predicted molar refractivity (Wildman–Crippen MR) is 83.7 cm³/mol. The SMILES string of the molecule is CC1SCCN(CC2C(N)C(C)(C)OC2(C)C)C1C. The minimum absolute atomic E-state index is 0.111. The van der Waals surface area contributed by atoms with E-state index in [0.717, 1.165) is 6.54 Å². The first-order valence-corrected chi connectivity index (χ1v) is 8.51. The van der Waals surface area contributed by atoms with Gasteiger partial charge in [0.2, 0.25) is 0 Å². The van der Waals surface area contributed by atoms with E-state index in [-0.39, 0.29) is 17.2 Å². The average Bonchev–Trinajstić information content (AvgIpc) is 2.42. The number of ether oxygens (including phenoxy) is 1. The van der Waals surface area contributed by atoms with E-state index >= 15 is 0 Å². The van der Waals surface area contributed by atoms with Gasteiger partial charge in [-0.2, -0.15) is 11.8 Å². The van der Waals surface area contributed by atoms with Crippen molar-refractivity contribution in [2.75, 3.05) is 18.8 Å². The second-order valence-corrected chi connectivity index (χ2v) is 8.74. The Morgan fingerprint density at radius 2 is 1.84 bits per heavy atom. The summed E-state index contributed by atoms with van der Waals surface area (Å²) in [6, 6.07) is 0.741. The summed E-state index contributed by atoms with van der Waals surface area (Å²) in [5, 5.41) is 0.711. The molecule has 2 N–H and O–H groups in total. The molecule has 112 valence electrons. The summed E-state index contributed by atoms with van der Waals surface area (Å²) in [5.41, 5.74) is 6.13. The van der Waals surface area contributed by atoms with E-state index in [2.05, 4.69) is 58.2 Å². The van der Waals surface area contributed by atoms with Gasteiger partial charge in [0.15, 0.2) is 0 Å². The minimum Gasteiger partial charge on any atom is -0.368 e. The minimum atomic E-state index is -0.215. The van der Waals surface area contributed by atoms with Gasteiger partial charge in [0.05, 0.1) is 11.2 Å². The Balaban J connectivity index is 2.09. The van der Waals surface area contributed by atoms with Gasteiger partial charge >= 0.3 is 0 Å². The molecule has 0 aromatic heterocycles. The first-order valence-electron chi connectivity index (χ1n) is 7.46. The maximum Gasteiger partial charge on any atom is 0.0788 e. The van der Waals surface area contributed by atoms with E-state index in [1.165, 1.54) is 12.3 Å². The van der Waals surface area contributed by atoms with E-state index in [0.29, 0.717) is 17.2 Å². The highest BCUT2D eigenvalue weighted by Gasteiger charge is 2.52. The molecule has 0 radical (unpaired) electrons. The van der Waals surface area contributed by atoms with Crippen molar-refractivity contribution in [3.63, 3.8) is 0 Å². The fourth-order valence-corrected chi connectivity index (χ4v) is 4.74. The molecule has 2 rings (SSSR count). The average molecular weight is 286 g/mol. The molecule has 4 unspecified atom stereocenters. The lowest BCUT2D eigenvalue weighted by molar-refractivity contribution is -0.0790. The Hall–Kier alpha value is 0.230. The number of hydrogen-bond acceptors (Lipinski definition) is 4. The first kappa shape index (κ1) is 15.6. The van der Waals surface area contributed by atoms with E-state index < -0.39 is 0 Å².